The van der Waals surface area contributed by atoms with Gasteiger partial charge in [-0.3, -0.25) is 4.79 Å². The lowest BCUT2D eigenvalue weighted by atomic mass is 10.2. The van der Waals surface area contributed by atoms with Gasteiger partial charge < -0.3 is 15.2 Å². The average Bonchev–Trinajstić information content (AvgIpc) is 2.99. The van der Waals surface area contributed by atoms with Crippen LogP contribution in [0.1, 0.15) is 10.5 Å². The number of carbonyl (C=O) groups excluding carboxylic acids is 1. The van der Waals surface area contributed by atoms with Crippen LogP contribution in [0.15, 0.2) is 60.7 Å². The second-order valence-corrected chi connectivity index (χ2v) is 5.28. The van der Waals surface area contributed by atoms with Gasteiger partial charge in [-0.1, -0.05) is 36.4 Å². The van der Waals surface area contributed by atoms with E-state index in [1.54, 1.807) is 0 Å². The maximum absolute atomic E-state index is 12.2. The number of para-hydroxylation sites is 2. The lowest BCUT2D eigenvalue weighted by Crippen LogP contribution is -2.33. The first-order valence-corrected chi connectivity index (χ1v) is 7.36. The number of nitrogens with zero attached hydrogens (tertiary/aromatic N) is 1. The first-order valence-electron chi connectivity index (χ1n) is 7.36. The molecule has 1 heterocycles. The zero-order valence-corrected chi connectivity index (χ0v) is 12.5. The molecule has 0 saturated heterocycles. The highest BCUT2D eigenvalue weighted by atomic mass is 16.1. The third-order valence-corrected chi connectivity index (χ3v) is 3.70. The van der Waals surface area contributed by atoms with Crippen molar-refractivity contribution in [3.63, 3.8) is 0 Å². The Hall–Kier alpha value is -2.75. The zero-order valence-electron chi connectivity index (χ0n) is 12.5. The molecule has 1 amide bonds. The molecular weight excluding hydrogens is 274 g/mol. The van der Waals surface area contributed by atoms with Gasteiger partial charge >= 0.3 is 0 Å². The van der Waals surface area contributed by atoms with Gasteiger partial charge in [0.2, 0.25) is 0 Å². The number of hydrogen-bond acceptors (Lipinski definition) is 2. The maximum Gasteiger partial charge on any atom is 0.267 e. The fraction of sp³-hybridized carbons (Fsp3) is 0.167. The molecule has 0 aliphatic carbocycles. The third-order valence-electron chi connectivity index (χ3n) is 3.70. The highest BCUT2D eigenvalue weighted by Crippen LogP contribution is 2.14. The van der Waals surface area contributed by atoms with E-state index in [-0.39, 0.29) is 5.91 Å². The fourth-order valence-electron chi connectivity index (χ4n) is 2.44. The normalized spacial score (nSPS) is 10.6. The lowest BCUT2D eigenvalue weighted by molar-refractivity contribution is 0.0950. The smallest absolute Gasteiger partial charge is 0.267 e. The van der Waals surface area contributed by atoms with E-state index in [4.69, 9.17) is 0 Å². The molecule has 0 saturated carbocycles. The average molecular weight is 293 g/mol. The van der Waals surface area contributed by atoms with Crippen molar-refractivity contribution in [2.45, 2.75) is 0 Å². The molecular formula is C18H19N3O. The number of rotatable bonds is 5. The van der Waals surface area contributed by atoms with Crippen LogP contribution in [0.2, 0.25) is 0 Å². The lowest BCUT2D eigenvalue weighted by Gasteiger charge is -2.19. The van der Waals surface area contributed by atoms with Crippen LogP contribution in [0.25, 0.3) is 10.9 Å². The Bertz CT molecular complexity index is 731. The van der Waals surface area contributed by atoms with E-state index < -0.39 is 0 Å². The van der Waals surface area contributed by atoms with Crippen molar-refractivity contribution in [1.82, 2.24) is 10.3 Å². The van der Waals surface area contributed by atoms with E-state index in [1.165, 1.54) is 0 Å². The summed E-state index contributed by atoms with van der Waals surface area (Å²) in [6, 6.07) is 19.9. The van der Waals surface area contributed by atoms with E-state index in [0.29, 0.717) is 12.2 Å². The maximum atomic E-state index is 12.2. The summed E-state index contributed by atoms with van der Waals surface area (Å²) >= 11 is 0. The molecule has 0 atom stereocenters. The van der Waals surface area contributed by atoms with Crippen LogP contribution in [-0.2, 0) is 0 Å². The van der Waals surface area contributed by atoms with Gasteiger partial charge in [0.05, 0.1) is 0 Å². The predicted octanol–water partition coefficient (Wildman–Crippen LogP) is 3.03. The number of hydrogen-bond donors (Lipinski definition) is 2. The Morgan fingerprint density at radius 3 is 2.59 bits per heavy atom. The number of H-pyrrole nitrogens is 1. The number of aromatic amines is 1. The molecule has 2 N–H and O–H groups in total. The molecule has 22 heavy (non-hydrogen) atoms. The minimum absolute atomic E-state index is 0.0716. The van der Waals surface area contributed by atoms with Crippen LogP contribution in [0.5, 0.6) is 0 Å². The highest BCUT2D eigenvalue weighted by molar-refractivity contribution is 5.97. The first kappa shape index (κ1) is 14.2. The molecule has 0 spiro atoms. The highest BCUT2D eigenvalue weighted by Gasteiger charge is 2.09. The number of likely N-dealkylation sites (N-methyl/N-ethyl adjacent to an activating group) is 1. The Morgan fingerprint density at radius 1 is 1.09 bits per heavy atom. The van der Waals surface area contributed by atoms with Crippen LogP contribution in [0.4, 0.5) is 5.69 Å². The topological polar surface area (TPSA) is 48.1 Å². The number of aromatic nitrogens is 1. The van der Waals surface area contributed by atoms with Crippen molar-refractivity contribution in [3.05, 3.63) is 66.4 Å². The van der Waals surface area contributed by atoms with Gasteiger partial charge in [-0.15, -0.1) is 0 Å². The van der Waals surface area contributed by atoms with Crippen LogP contribution >= 0.6 is 0 Å². The van der Waals surface area contributed by atoms with Gasteiger partial charge in [-0.25, -0.2) is 0 Å². The summed E-state index contributed by atoms with van der Waals surface area (Å²) in [6.45, 7) is 1.36. The van der Waals surface area contributed by atoms with Crippen molar-refractivity contribution < 1.29 is 4.79 Å². The SMILES string of the molecule is CN(CCNC(=O)c1cc2ccccc2[nH]1)c1ccccc1. The summed E-state index contributed by atoms with van der Waals surface area (Å²) in [5, 5.41) is 4.00. The van der Waals surface area contributed by atoms with E-state index in [1.807, 2.05) is 55.6 Å². The molecule has 3 rings (SSSR count). The monoisotopic (exact) mass is 293 g/mol. The van der Waals surface area contributed by atoms with E-state index >= 15 is 0 Å². The van der Waals surface area contributed by atoms with Gasteiger partial charge in [0.1, 0.15) is 5.69 Å². The number of anilines is 1. The molecule has 1 aromatic heterocycles. The number of fused-ring (bicyclic) bond motifs is 1. The standard InChI is InChI=1S/C18H19N3O/c1-21(15-8-3-2-4-9-15)12-11-19-18(22)17-13-14-7-5-6-10-16(14)20-17/h2-10,13,20H,11-12H2,1H3,(H,19,22). The van der Waals surface area contributed by atoms with E-state index in [0.717, 1.165) is 23.1 Å². The molecule has 0 unspecified atom stereocenters. The summed E-state index contributed by atoms with van der Waals surface area (Å²) in [5.41, 5.74) is 2.72. The predicted molar refractivity (Wildman–Crippen MR) is 90.3 cm³/mol. The Kier molecular flexibility index (Phi) is 4.10. The van der Waals surface area contributed by atoms with Gasteiger partial charge in [0, 0.05) is 36.7 Å². The summed E-state index contributed by atoms with van der Waals surface area (Å²) < 4.78 is 0. The molecule has 0 aliphatic rings. The Morgan fingerprint density at radius 2 is 1.82 bits per heavy atom. The minimum Gasteiger partial charge on any atom is -0.373 e. The number of benzene rings is 2. The van der Waals surface area contributed by atoms with Crippen LogP contribution < -0.4 is 10.2 Å². The molecule has 2 aromatic carbocycles. The van der Waals surface area contributed by atoms with Crippen molar-refractivity contribution in [3.8, 4) is 0 Å². The molecule has 0 radical (unpaired) electrons. The van der Waals surface area contributed by atoms with Gasteiger partial charge in [0.25, 0.3) is 5.91 Å². The summed E-state index contributed by atoms with van der Waals surface area (Å²) in [5.74, 6) is -0.0716. The summed E-state index contributed by atoms with van der Waals surface area (Å²) in [6.07, 6.45) is 0. The van der Waals surface area contributed by atoms with Crippen molar-refractivity contribution in [1.29, 1.82) is 0 Å². The van der Waals surface area contributed by atoms with Crippen molar-refractivity contribution >= 4 is 22.5 Å². The second kappa shape index (κ2) is 6.35. The number of carbonyl (C=O) groups is 1. The van der Waals surface area contributed by atoms with Gasteiger partial charge in [-0.2, -0.15) is 0 Å². The summed E-state index contributed by atoms with van der Waals surface area (Å²) in [7, 11) is 2.02. The molecule has 0 fully saturated rings. The molecule has 0 bridgehead atoms. The first-order chi connectivity index (χ1) is 10.7. The van der Waals surface area contributed by atoms with E-state index in [9.17, 15) is 4.79 Å². The molecule has 4 nitrogen and oxygen atoms in total. The van der Waals surface area contributed by atoms with Gasteiger partial charge in [-0.05, 0) is 24.3 Å². The Labute approximate surface area is 129 Å². The van der Waals surface area contributed by atoms with Crippen LogP contribution in [0.3, 0.4) is 0 Å². The van der Waals surface area contributed by atoms with Crippen LogP contribution in [0, 0.1) is 0 Å². The van der Waals surface area contributed by atoms with Crippen LogP contribution in [-0.4, -0.2) is 31.0 Å². The molecule has 112 valence electrons. The van der Waals surface area contributed by atoms with Gasteiger partial charge in [0.15, 0.2) is 0 Å². The Balaban J connectivity index is 1.56. The molecule has 4 heteroatoms. The molecule has 0 aliphatic heterocycles. The fourth-order valence-corrected chi connectivity index (χ4v) is 2.44. The summed E-state index contributed by atoms with van der Waals surface area (Å²) in [4.78, 5) is 17.4. The number of amides is 1. The van der Waals surface area contributed by atoms with Crippen molar-refractivity contribution in [2.75, 3.05) is 25.0 Å². The number of nitrogens with one attached hydrogen (secondary N) is 2. The quantitative estimate of drug-likeness (QED) is 0.759. The zero-order chi connectivity index (χ0) is 15.4. The van der Waals surface area contributed by atoms with Crippen molar-refractivity contribution in [2.24, 2.45) is 0 Å². The second-order valence-electron chi connectivity index (χ2n) is 5.28. The third kappa shape index (κ3) is 3.11. The minimum atomic E-state index is -0.0716. The van der Waals surface area contributed by atoms with E-state index in [2.05, 4.69) is 27.3 Å². The largest absolute Gasteiger partial charge is 0.373 e. The molecule has 3 aromatic rings.